The largest absolute Gasteiger partial charge is 0.379 e. The summed E-state index contributed by atoms with van der Waals surface area (Å²) >= 11 is 0. The van der Waals surface area contributed by atoms with Crippen LogP contribution in [0.4, 0.5) is 5.69 Å². The second-order valence-electron chi connectivity index (χ2n) is 7.84. The molecule has 8 nitrogen and oxygen atoms in total. The molecule has 2 N–H and O–H groups in total. The molecule has 0 atom stereocenters. The van der Waals surface area contributed by atoms with Gasteiger partial charge < -0.3 is 15.4 Å². The van der Waals surface area contributed by atoms with Crippen molar-refractivity contribution >= 4 is 17.5 Å². The third-order valence-electron chi connectivity index (χ3n) is 5.11. The molecule has 1 aromatic carbocycles. The number of carbonyl (C=O) groups excluding carboxylic acids is 2. The van der Waals surface area contributed by atoms with E-state index in [2.05, 4.69) is 20.6 Å². The first-order valence-electron chi connectivity index (χ1n) is 10.4. The molecule has 1 aliphatic heterocycles. The van der Waals surface area contributed by atoms with E-state index in [1.54, 1.807) is 10.9 Å². The van der Waals surface area contributed by atoms with Gasteiger partial charge in [-0.3, -0.25) is 19.2 Å². The van der Waals surface area contributed by atoms with Crippen molar-refractivity contribution in [1.82, 2.24) is 20.0 Å². The van der Waals surface area contributed by atoms with Crippen LogP contribution in [0.25, 0.3) is 0 Å². The molecule has 0 radical (unpaired) electrons. The maximum atomic E-state index is 12.5. The van der Waals surface area contributed by atoms with Gasteiger partial charge in [0.15, 0.2) is 0 Å². The molecule has 8 heteroatoms. The quantitative estimate of drug-likeness (QED) is 0.694. The van der Waals surface area contributed by atoms with Crippen LogP contribution in [0.1, 0.15) is 47.9 Å². The third kappa shape index (κ3) is 6.14. The van der Waals surface area contributed by atoms with Crippen LogP contribution in [0.2, 0.25) is 0 Å². The highest BCUT2D eigenvalue weighted by Gasteiger charge is 2.15. The van der Waals surface area contributed by atoms with Gasteiger partial charge in [0.25, 0.3) is 5.91 Å². The fourth-order valence-electron chi connectivity index (χ4n) is 3.31. The SMILES string of the molecule is Cc1nn(C(C)C)cc1C(=O)NCc1cccc(NC(=O)CCN2CCOCC2)c1. The van der Waals surface area contributed by atoms with E-state index in [1.165, 1.54) is 0 Å². The molecule has 30 heavy (non-hydrogen) atoms. The lowest BCUT2D eigenvalue weighted by molar-refractivity contribution is -0.116. The second-order valence-corrected chi connectivity index (χ2v) is 7.84. The van der Waals surface area contributed by atoms with Gasteiger partial charge >= 0.3 is 0 Å². The van der Waals surface area contributed by atoms with Crippen LogP contribution in [0.5, 0.6) is 0 Å². The molecule has 0 spiro atoms. The number of ether oxygens (including phenoxy) is 1. The average Bonchev–Trinajstić information content (AvgIpc) is 3.14. The molecule has 162 valence electrons. The molecule has 0 bridgehead atoms. The molecular weight excluding hydrogens is 382 g/mol. The van der Waals surface area contributed by atoms with Gasteiger partial charge in [-0.05, 0) is 38.5 Å². The van der Waals surface area contributed by atoms with Crippen molar-refractivity contribution in [1.29, 1.82) is 0 Å². The summed E-state index contributed by atoms with van der Waals surface area (Å²) in [7, 11) is 0. The lowest BCUT2D eigenvalue weighted by atomic mass is 10.2. The van der Waals surface area contributed by atoms with Crippen molar-refractivity contribution < 1.29 is 14.3 Å². The van der Waals surface area contributed by atoms with Crippen LogP contribution < -0.4 is 10.6 Å². The molecule has 2 aromatic rings. The van der Waals surface area contributed by atoms with Crippen LogP contribution in [0.3, 0.4) is 0 Å². The number of hydrogen-bond donors (Lipinski definition) is 2. The Balaban J connectivity index is 1.50. The zero-order valence-corrected chi connectivity index (χ0v) is 18.0. The Morgan fingerprint density at radius 2 is 2.00 bits per heavy atom. The summed E-state index contributed by atoms with van der Waals surface area (Å²) in [6.45, 7) is 10.2. The molecule has 2 heterocycles. The molecule has 1 saturated heterocycles. The Bertz CT molecular complexity index is 871. The van der Waals surface area contributed by atoms with Gasteiger partial charge in [0.05, 0.1) is 24.5 Å². The molecule has 3 rings (SSSR count). The number of carbonyl (C=O) groups is 2. The zero-order chi connectivity index (χ0) is 21.5. The number of benzene rings is 1. The van der Waals surface area contributed by atoms with Crippen molar-refractivity contribution in [3.63, 3.8) is 0 Å². The number of amides is 2. The van der Waals surface area contributed by atoms with Crippen molar-refractivity contribution in [2.45, 2.75) is 39.8 Å². The van der Waals surface area contributed by atoms with Gasteiger partial charge in [-0.15, -0.1) is 0 Å². The lowest BCUT2D eigenvalue weighted by Gasteiger charge is -2.26. The van der Waals surface area contributed by atoms with Gasteiger partial charge in [-0.25, -0.2) is 0 Å². The van der Waals surface area contributed by atoms with E-state index >= 15 is 0 Å². The van der Waals surface area contributed by atoms with Gasteiger partial charge in [-0.2, -0.15) is 5.10 Å². The first kappa shape index (κ1) is 22.0. The van der Waals surface area contributed by atoms with Crippen LogP contribution >= 0.6 is 0 Å². The first-order valence-corrected chi connectivity index (χ1v) is 10.4. The van der Waals surface area contributed by atoms with Gasteiger partial charge in [-0.1, -0.05) is 12.1 Å². The molecular formula is C22H31N5O3. The van der Waals surface area contributed by atoms with Gasteiger partial charge in [0, 0.05) is 50.5 Å². The van der Waals surface area contributed by atoms with Crippen molar-refractivity contribution in [3.8, 4) is 0 Å². The standard InChI is InChI=1S/C22H31N5O3/c1-16(2)27-15-20(17(3)25-27)22(29)23-14-18-5-4-6-19(13-18)24-21(28)7-8-26-9-11-30-12-10-26/h4-6,13,15-16H,7-12,14H2,1-3H3,(H,23,29)(H,24,28). The number of morpholine rings is 1. The fourth-order valence-corrected chi connectivity index (χ4v) is 3.31. The topological polar surface area (TPSA) is 88.5 Å². The van der Waals surface area contributed by atoms with E-state index in [4.69, 9.17) is 4.74 Å². The smallest absolute Gasteiger partial charge is 0.255 e. The van der Waals surface area contributed by atoms with E-state index in [0.717, 1.165) is 44.1 Å². The fraction of sp³-hybridized carbons (Fsp3) is 0.500. The van der Waals surface area contributed by atoms with Gasteiger partial charge in [0.2, 0.25) is 5.91 Å². The predicted octanol–water partition coefficient (Wildman–Crippen LogP) is 2.36. The third-order valence-corrected chi connectivity index (χ3v) is 5.11. The highest BCUT2D eigenvalue weighted by atomic mass is 16.5. The van der Waals surface area contributed by atoms with E-state index in [-0.39, 0.29) is 17.9 Å². The summed E-state index contributed by atoms with van der Waals surface area (Å²) in [5.74, 6) is -0.168. The summed E-state index contributed by atoms with van der Waals surface area (Å²) in [6.07, 6.45) is 2.22. The summed E-state index contributed by atoms with van der Waals surface area (Å²) in [4.78, 5) is 27.0. The molecule has 1 aliphatic rings. The molecule has 1 aromatic heterocycles. The molecule has 0 aliphatic carbocycles. The maximum absolute atomic E-state index is 12.5. The highest BCUT2D eigenvalue weighted by Crippen LogP contribution is 2.13. The lowest BCUT2D eigenvalue weighted by Crippen LogP contribution is -2.38. The molecule has 0 saturated carbocycles. The van der Waals surface area contributed by atoms with Crippen molar-refractivity contribution in [3.05, 3.63) is 47.3 Å². The van der Waals surface area contributed by atoms with E-state index < -0.39 is 0 Å². The number of aromatic nitrogens is 2. The monoisotopic (exact) mass is 413 g/mol. The Morgan fingerprint density at radius 1 is 1.23 bits per heavy atom. The van der Waals surface area contributed by atoms with Gasteiger partial charge in [0.1, 0.15) is 0 Å². The second kappa shape index (κ2) is 10.4. The number of anilines is 1. The Kier molecular flexibility index (Phi) is 7.59. The Morgan fingerprint density at radius 3 is 2.70 bits per heavy atom. The normalized spacial score (nSPS) is 14.7. The minimum Gasteiger partial charge on any atom is -0.379 e. The number of aryl methyl sites for hydroxylation is 1. The summed E-state index contributed by atoms with van der Waals surface area (Å²) in [5.41, 5.74) is 2.94. The summed E-state index contributed by atoms with van der Waals surface area (Å²) in [6, 6.07) is 7.75. The number of nitrogens with zero attached hydrogens (tertiary/aromatic N) is 3. The van der Waals surface area contributed by atoms with E-state index in [9.17, 15) is 9.59 Å². The zero-order valence-electron chi connectivity index (χ0n) is 18.0. The number of hydrogen-bond acceptors (Lipinski definition) is 5. The maximum Gasteiger partial charge on any atom is 0.255 e. The van der Waals surface area contributed by atoms with E-state index in [1.807, 2.05) is 45.0 Å². The molecule has 0 unspecified atom stereocenters. The van der Waals surface area contributed by atoms with Crippen molar-refractivity contribution in [2.75, 3.05) is 38.2 Å². The Hall–Kier alpha value is -2.71. The minimum absolute atomic E-state index is 0.0144. The predicted molar refractivity (Wildman–Crippen MR) is 115 cm³/mol. The number of rotatable bonds is 8. The summed E-state index contributed by atoms with van der Waals surface area (Å²) < 4.78 is 7.11. The Labute approximate surface area is 177 Å². The summed E-state index contributed by atoms with van der Waals surface area (Å²) in [5, 5.41) is 10.3. The van der Waals surface area contributed by atoms with E-state index in [0.29, 0.717) is 24.2 Å². The average molecular weight is 414 g/mol. The molecule has 2 amide bonds. The minimum atomic E-state index is -0.153. The van der Waals surface area contributed by atoms with Crippen LogP contribution in [-0.2, 0) is 16.1 Å². The molecule has 1 fully saturated rings. The first-order chi connectivity index (χ1) is 14.4. The van der Waals surface area contributed by atoms with Crippen molar-refractivity contribution in [2.24, 2.45) is 0 Å². The van der Waals surface area contributed by atoms with Crippen LogP contribution in [0, 0.1) is 6.92 Å². The van der Waals surface area contributed by atoms with Crippen LogP contribution in [0.15, 0.2) is 30.5 Å². The number of nitrogens with one attached hydrogen (secondary N) is 2. The van der Waals surface area contributed by atoms with Crippen LogP contribution in [-0.4, -0.2) is 59.3 Å². The highest BCUT2D eigenvalue weighted by molar-refractivity contribution is 5.95.